The lowest BCUT2D eigenvalue weighted by molar-refractivity contribution is 0.102. The van der Waals surface area contributed by atoms with Gasteiger partial charge in [0.1, 0.15) is 11.4 Å². The molecule has 0 aliphatic carbocycles. The van der Waals surface area contributed by atoms with E-state index in [0.717, 1.165) is 18.2 Å². The zero-order chi connectivity index (χ0) is 31.6. The van der Waals surface area contributed by atoms with E-state index in [4.69, 9.17) is 10.3 Å². The fraction of sp³-hybridized carbons (Fsp3) is 0.0800. The van der Waals surface area contributed by atoms with E-state index in [9.17, 15) is 39.7 Å². The monoisotopic (exact) mass is 650 g/mol. The second-order valence-electron chi connectivity index (χ2n) is 8.82. The second kappa shape index (κ2) is 12.0. The molecular weight excluding hydrogens is 628 g/mol. The first-order chi connectivity index (χ1) is 20.0. The third-order valence-electron chi connectivity index (χ3n) is 5.78. The number of phenols is 1. The number of azo groups is 1. The van der Waals surface area contributed by atoms with Gasteiger partial charge in [0, 0.05) is 17.3 Å². The first-order valence-corrected chi connectivity index (χ1v) is 16.3. The minimum atomic E-state index is -4.81. The number of carbonyl (C=O) groups excluding carboxylic acids is 1. The van der Waals surface area contributed by atoms with Crippen LogP contribution >= 0.6 is 0 Å². The van der Waals surface area contributed by atoms with E-state index in [1.807, 2.05) is 0 Å². The molecule has 0 heterocycles. The average molecular weight is 651 g/mol. The zero-order valence-electron chi connectivity index (χ0n) is 21.6. The van der Waals surface area contributed by atoms with Crippen molar-refractivity contribution in [3.05, 3.63) is 78.4 Å². The molecule has 0 saturated carbocycles. The number of nitrogens with one attached hydrogen (secondary N) is 1. The highest BCUT2D eigenvalue weighted by Gasteiger charge is 2.19. The molecule has 6 N–H and O–H groups in total. The van der Waals surface area contributed by atoms with Gasteiger partial charge in [0.15, 0.2) is 9.84 Å². The van der Waals surface area contributed by atoms with Gasteiger partial charge in [-0.2, -0.15) is 21.9 Å². The van der Waals surface area contributed by atoms with Crippen LogP contribution in [0.15, 0.2) is 92.8 Å². The fourth-order valence-electron chi connectivity index (χ4n) is 3.83. The number of rotatable bonds is 10. The molecule has 18 heteroatoms. The van der Waals surface area contributed by atoms with Crippen molar-refractivity contribution in [1.82, 2.24) is 0 Å². The molecule has 0 unspecified atom stereocenters. The Bertz CT molecular complexity index is 2100. The number of phenolic OH excluding ortho intramolecular Hbond substituents is 1. The summed E-state index contributed by atoms with van der Waals surface area (Å²) >= 11 is 0. The van der Waals surface area contributed by atoms with E-state index in [1.54, 1.807) is 0 Å². The molecule has 0 fully saturated rings. The molecule has 0 aliphatic rings. The molecule has 0 aromatic heterocycles. The maximum absolute atomic E-state index is 12.9. The number of nitrogens with zero attached hydrogens (tertiary/aromatic N) is 2. The number of fused-ring (bicyclic) bond motifs is 1. The lowest BCUT2D eigenvalue weighted by Crippen LogP contribution is -2.16. The number of amides is 1. The van der Waals surface area contributed by atoms with Gasteiger partial charge >= 0.3 is 10.4 Å². The number of carbonyl (C=O) groups is 1. The fourth-order valence-corrected chi connectivity index (χ4v) is 5.89. The summed E-state index contributed by atoms with van der Waals surface area (Å²) in [7, 11) is -13.4. The van der Waals surface area contributed by atoms with Crippen molar-refractivity contribution in [2.24, 2.45) is 10.2 Å². The summed E-state index contributed by atoms with van der Waals surface area (Å²) in [4.78, 5) is 12.1. The molecule has 4 rings (SSSR count). The van der Waals surface area contributed by atoms with E-state index >= 15 is 0 Å². The van der Waals surface area contributed by atoms with Crippen LogP contribution < -0.4 is 11.1 Å². The second-order valence-corrected chi connectivity index (χ2v) is 13.4. The highest BCUT2D eigenvalue weighted by molar-refractivity contribution is 7.91. The average Bonchev–Trinajstić information content (AvgIpc) is 2.91. The van der Waals surface area contributed by atoms with Gasteiger partial charge in [-0.3, -0.25) is 13.9 Å². The molecule has 43 heavy (non-hydrogen) atoms. The summed E-state index contributed by atoms with van der Waals surface area (Å²) < 4.78 is 91.3. The third-order valence-corrected chi connectivity index (χ3v) is 8.75. The number of nitrogens with two attached hydrogens (primary N) is 1. The minimum absolute atomic E-state index is 0.00625. The number of hydrogen-bond acceptors (Lipinski definition) is 12. The van der Waals surface area contributed by atoms with Crippen LogP contribution in [-0.4, -0.2) is 57.7 Å². The largest absolute Gasteiger partial charge is 0.507 e. The molecule has 4 aromatic rings. The third kappa shape index (κ3) is 7.89. The lowest BCUT2D eigenvalue weighted by Gasteiger charge is -2.09. The Morgan fingerprint density at radius 3 is 2.28 bits per heavy atom. The summed E-state index contributed by atoms with van der Waals surface area (Å²) in [5.74, 6) is -1.91. The van der Waals surface area contributed by atoms with Crippen molar-refractivity contribution < 1.29 is 48.4 Å². The van der Waals surface area contributed by atoms with Gasteiger partial charge in [0.25, 0.3) is 16.0 Å². The van der Waals surface area contributed by atoms with Crippen molar-refractivity contribution in [3.8, 4) is 5.75 Å². The van der Waals surface area contributed by atoms with Crippen molar-refractivity contribution >= 4 is 69.8 Å². The Morgan fingerprint density at radius 1 is 0.860 bits per heavy atom. The van der Waals surface area contributed by atoms with Crippen molar-refractivity contribution in [2.75, 3.05) is 23.4 Å². The topological polar surface area (TPSA) is 252 Å². The Hall–Kier alpha value is -4.46. The first kappa shape index (κ1) is 31.5. The predicted molar refractivity (Wildman–Crippen MR) is 154 cm³/mol. The molecule has 1 amide bonds. The van der Waals surface area contributed by atoms with E-state index in [-0.39, 0.29) is 44.0 Å². The maximum Gasteiger partial charge on any atom is 0.397 e. The van der Waals surface area contributed by atoms with Crippen LogP contribution in [0.3, 0.4) is 0 Å². The van der Waals surface area contributed by atoms with Gasteiger partial charge < -0.3 is 16.2 Å². The Balaban J connectivity index is 1.55. The number of anilines is 2. The highest BCUT2D eigenvalue weighted by atomic mass is 32.3. The number of nitrogen functional groups attached to an aromatic ring is 1. The molecule has 0 radical (unpaired) electrons. The summed E-state index contributed by atoms with van der Waals surface area (Å²) in [5.41, 5.74) is 6.52. The molecule has 0 saturated heterocycles. The molecule has 226 valence electrons. The maximum atomic E-state index is 12.9. The van der Waals surface area contributed by atoms with Crippen molar-refractivity contribution in [1.29, 1.82) is 0 Å². The molecular formula is C25H22N4O11S3. The Kier molecular flexibility index (Phi) is 8.81. The summed E-state index contributed by atoms with van der Waals surface area (Å²) in [6.07, 6.45) is 0. The molecule has 0 spiro atoms. The predicted octanol–water partition coefficient (Wildman–Crippen LogP) is 3.64. The van der Waals surface area contributed by atoms with Gasteiger partial charge in [-0.1, -0.05) is 18.2 Å². The van der Waals surface area contributed by atoms with Gasteiger partial charge in [-0.25, -0.2) is 12.6 Å². The molecule has 0 bridgehead atoms. The van der Waals surface area contributed by atoms with E-state index < -0.39 is 59.3 Å². The molecule has 15 nitrogen and oxygen atoms in total. The van der Waals surface area contributed by atoms with Gasteiger partial charge in [0.2, 0.25) is 0 Å². The summed E-state index contributed by atoms with van der Waals surface area (Å²) in [6.45, 7) is -0.811. The number of hydrogen-bond donors (Lipinski definition) is 5. The molecule has 4 aromatic carbocycles. The lowest BCUT2D eigenvalue weighted by atomic mass is 10.1. The van der Waals surface area contributed by atoms with Crippen molar-refractivity contribution in [3.63, 3.8) is 0 Å². The van der Waals surface area contributed by atoms with E-state index in [0.29, 0.717) is 0 Å². The van der Waals surface area contributed by atoms with Crippen LogP contribution in [0.2, 0.25) is 0 Å². The zero-order valence-corrected chi connectivity index (χ0v) is 24.1. The van der Waals surface area contributed by atoms with Crippen molar-refractivity contribution in [2.45, 2.75) is 9.79 Å². The van der Waals surface area contributed by atoms with Crippen LogP contribution in [0.1, 0.15) is 10.4 Å². The summed E-state index contributed by atoms with van der Waals surface area (Å²) in [6, 6.07) is 15.8. The van der Waals surface area contributed by atoms with E-state index in [1.165, 1.54) is 54.6 Å². The van der Waals surface area contributed by atoms with Crippen LogP contribution in [0.4, 0.5) is 22.7 Å². The number of sulfone groups is 1. The Labute approximate surface area is 245 Å². The molecule has 0 atom stereocenters. The number of aromatic hydroxyl groups is 1. The smallest absolute Gasteiger partial charge is 0.397 e. The normalized spacial score (nSPS) is 12.5. The van der Waals surface area contributed by atoms with E-state index in [2.05, 4.69) is 19.7 Å². The van der Waals surface area contributed by atoms with Crippen LogP contribution in [0.5, 0.6) is 5.75 Å². The van der Waals surface area contributed by atoms with Gasteiger partial charge in [0.05, 0.1) is 38.9 Å². The molecule has 0 aliphatic heterocycles. The SMILES string of the molecule is Nc1ccc2cc(S(=O)(=O)O)cc(O)c2c1N=Nc1cccc(C(=O)Nc2cccc(S(=O)(=O)CCOS(=O)(=O)O)c2)c1. The van der Waals surface area contributed by atoms with Crippen LogP contribution in [-0.2, 0) is 34.5 Å². The van der Waals surface area contributed by atoms with Gasteiger partial charge in [-0.15, -0.1) is 5.11 Å². The number of benzene rings is 4. The minimum Gasteiger partial charge on any atom is -0.507 e. The highest BCUT2D eigenvalue weighted by Crippen LogP contribution is 2.40. The van der Waals surface area contributed by atoms with Gasteiger partial charge in [-0.05, 0) is 53.9 Å². The first-order valence-electron chi connectivity index (χ1n) is 11.8. The summed E-state index contributed by atoms with van der Waals surface area (Å²) in [5, 5.41) is 21.4. The quantitative estimate of drug-likeness (QED) is 0.0937. The Morgan fingerprint density at radius 2 is 1.58 bits per heavy atom. The van der Waals surface area contributed by atoms with Crippen LogP contribution in [0.25, 0.3) is 10.8 Å². The van der Waals surface area contributed by atoms with Crippen LogP contribution in [0, 0.1) is 0 Å². The standard InChI is InChI=1S/C25H22N4O11S3/c26-21-8-7-15-12-20(42(34,35)36)14-22(30)23(15)24(21)29-28-18-5-1-3-16(11-18)25(31)27-17-4-2-6-19(13-17)41(32,33)10-9-40-43(37,38)39/h1-8,11-14,30H,9-10,26H2,(H,27,31)(H,34,35,36)(H,37,38,39).